The van der Waals surface area contributed by atoms with Gasteiger partial charge in [-0.05, 0) is 41.4 Å². The molecule has 0 spiro atoms. The number of nitrogens with one attached hydrogen (secondary N) is 1. The second-order valence-corrected chi connectivity index (χ2v) is 6.15. The molecule has 0 bridgehead atoms. The lowest BCUT2D eigenvalue weighted by molar-refractivity contribution is 0.565. The zero-order chi connectivity index (χ0) is 13.0. The van der Waals surface area contributed by atoms with Crippen LogP contribution in [0.5, 0.6) is 0 Å². The van der Waals surface area contributed by atoms with Gasteiger partial charge in [0.2, 0.25) is 0 Å². The van der Waals surface area contributed by atoms with E-state index in [1.54, 1.807) is 11.3 Å². The number of pyridine rings is 1. The van der Waals surface area contributed by atoms with E-state index < -0.39 is 0 Å². The molecule has 0 fully saturated rings. The first-order valence-electron chi connectivity index (χ1n) is 5.97. The van der Waals surface area contributed by atoms with Gasteiger partial charge in [-0.15, -0.1) is 11.3 Å². The Bertz CT molecular complexity index is 495. The summed E-state index contributed by atoms with van der Waals surface area (Å²) in [6.07, 6.45) is 4.84. The summed E-state index contributed by atoms with van der Waals surface area (Å²) < 4.78 is 1.01. The van der Waals surface area contributed by atoms with E-state index in [2.05, 4.69) is 45.1 Å². The molecule has 0 amide bonds. The van der Waals surface area contributed by atoms with Gasteiger partial charge < -0.3 is 5.32 Å². The molecule has 1 atom stereocenters. The summed E-state index contributed by atoms with van der Waals surface area (Å²) in [4.78, 5) is 10.1. The van der Waals surface area contributed by atoms with E-state index >= 15 is 0 Å². The number of rotatable bonds is 5. The standard InChI is InChI=1S/C13H16BrN3S/c1-3-12-8-17-13(18-12)9(2)15-7-11-5-4-10(14)6-16-11/h4-6,8-9,15H,3,7H2,1-2H3. The van der Waals surface area contributed by atoms with E-state index in [-0.39, 0.29) is 6.04 Å². The number of aromatic nitrogens is 2. The largest absolute Gasteiger partial charge is 0.302 e. The maximum Gasteiger partial charge on any atom is 0.109 e. The summed E-state index contributed by atoms with van der Waals surface area (Å²) in [6, 6.07) is 4.29. The van der Waals surface area contributed by atoms with Crippen molar-refractivity contribution in [3.63, 3.8) is 0 Å². The fourth-order valence-electron chi connectivity index (χ4n) is 1.54. The molecule has 0 aliphatic carbocycles. The minimum absolute atomic E-state index is 0.265. The van der Waals surface area contributed by atoms with Crippen LogP contribution >= 0.6 is 27.3 Å². The van der Waals surface area contributed by atoms with Gasteiger partial charge in [-0.2, -0.15) is 0 Å². The second kappa shape index (κ2) is 6.41. The summed E-state index contributed by atoms with van der Waals surface area (Å²) >= 11 is 5.16. The molecule has 2 rings (SSSR count). The third kappa shape index (κ3) is 3.60. The molecule has 0 aliphatic rings. The second-order valence-electron chi connectivity index (χ2n) is 4.09. The van der Waals surface area contributed by atoms with Crippen LogP contribution in [0.2, 0.25) is 0 Å². The molecule has 5 heteroatoms. The number of hydrogen-bond donors (Lipinski definition) is 1. The summed E-state index contributed by atoms with van der Waals surface area (Å²) in [5, 5.41) is 4.58. The van der Waals surface area contributed by atoms with Crippen molar-refractivity contribution in [3.05, 3.63) is 44.6 Å². The minimum atomic E-state index is 0.265. The lowest BCUT2D eigenvalue weighted by Crippen LogP contribution is -2.18. The van der Waals surface area contributed by atoms with Crippen molar-refractivity contribution in [2.75, 3.05) is 0 Å². The Hall–Kier alpha value is -0.780. The molecule has 0 aromatic carbocycles. The van der Waals surface area contributed by atoms with Crippen LogP contribution < -0.4 is 5.32 Å². The van der Waals surface area contributed by atoms with Crippen molar-refractivity contribution >= 4 is 27.3 Å². The Balaban J connectivity index is 1.91. The van der Waals surface area contributed by atoms with Gasteiger partial charge in [-0.1, -0.05) is 6.92 Å². The monoisotopic (exact) mass is 325 g/mol. The lowest BCUT2D eigenvalue weighted by Gasteiger charge is -2.10. The van der Waals surface area contributed by atoms with Gasteiger partial charge in [-0.3, -0.25) is 4.98 Å². The smallest absolute Gasteiger partial charge is 0.109 e. The summed E-state index contributed by atoms with van der Waals surface area (Å²) in [5.41, 5.74) is 1.04. The van der Waals surface area contributed by atoms with Gasteiger partial charge in [0.1, 0.15) is 5.01 Å². The van der Waals surface area contributed by atoms with Gasteiger partial charge in [-0.25, -0.2) is 4.98 Å². The summed E-state index contributed by atoms with van der Waals surface area (Å²) in [5.74, 6) is 0. The SMILES string of the molecule is CCc1cnc(C(C)NCc2ccc(Br)cn2)s1. The van der Waals surface area contributed by atoms with Gasteiger partial charge in [0.15, 0.2) is 0 Å². The van der Waals surface area contributed by atoms with E-state index in [9.17, 15) is 0 Å². The first-order chi connectivity index (χ1) is 8.69. The van der Waals surface area contributed by atoms with Crippen LogP contribution in [0.1, 0.15) is 35.5 Å². The van der Waals surface area contributed by atoms with Gasteiger partial charge in [0, 0.05) is 28.3 Å². The van der Waals surface area contributed by atoms with Crippen LogP contribution in [0.15, 0.2) is 29.0 Å². The average molecular weight is 326 g/mol. The van der Waals surface area contributed by atoms with Crippen molar-refractivity contribution in [3.8, 4) is 0 Å². The Morgan fingerprint density at radius 3 is 2.78 bits per heavy atom. The molecule has 0 aliphatic heterocycles. The average Bonchev–Trinajstić information content (AvgIpc) is 2.86. The molecular weight excluding hydrogens is 310 g/mol. The molecule has 0 saturated carbocycles. The fraction of sp³-hybridized carbons (Fsp3) is 0.385. The molecule has 2 heterocycles. The minimum Gasteiger partial charge on any atom is -0.302 e. The first-order valence-corrected chi connectivity index (χ1v) is 7.58. The van der Waals surface area contributed by atoms with Gasteiger partial charge in [0.25, 0.3) is 0 Å². The molecule has 3 nitrogen and oxygen atoms in total. The lowest BCUT2D eigenvalue weighted by atomic mass is 10.3. The van der Waals surface area contributed by atoms with E-state index in [0.29, 0.717) is 0 Å². The Morgan fingerprint density at radius 1 is 1.33 bits per heavy atom. The number of halogens is 1. The highest BCUT2D eigenvalue weighted by atomic mass is 79.9. The molecular formula is C13H16BrN3S. The van der Waals surface area contributed by atoms with E-state index in [1.807, 2.05) is 24.5 Å². The van der Waals surface area contributed by atoms with E-state index in [4.69, 9.17) is 0 Å². The Morgan fingerprint density at radius 2 is 2.17 bits per heavy atom. The molecule has 2 aromatic rings. The number of thiazole rings is 1. The van der Waals surface area contributed by atoms with Crippen LogP contribution in [0, 0.1) is 0 Å². The number of aryl methyl sites for hydroxylation is 1. The predicted molar refractivity (Wildman–Crippen MR) is 78.7 cm³/mol. The third-order valence-corrected chi connectivity index (χ3v) is 4.46. The van der Waals surface area contributed by atoms with Crippen LogP contribution in [0.4, 0.5) is 0 Å². The Labute approximate surface area is 120 Å². The summed E-state index contributed by atoms with van der Waals surface area (Å²) in [7, 11) is 0. The normalized spacial score (nSPS) is 12.6. The maximum absolute atomic E-state index is 4.44. The van der Waals surface area contributed by atoms with Crippen molar-refractivity contribution in [1.29, 1.82) is 0 Å². The summed E-state index contributed by atoms with van der Waals surface area (Å²) in [6.45, 7) is 5.05. The highest BCUT2D eigenvalue weighted by molar-refractivity contribution is 9.10. The van der Waals surface area contributed by atoms with Crippen molar-refractivity contribution in [2.45, 2.75) is 32.9 Å². The topological polar surface area (TPSA) is 37.8 Å². The zero-order valence-corrected chi connectivity index (χ0v) is 12.9. The highest BCUT2D eigenvalue weighted by Crippen LogP contribution is 2.20. The van der Waals surface area contributed by atoms with Gasteiger partial charge >= 0.3 is 0 Å². The molecule has 2 aromatic heterocycles. The number of nitrogens with zero attached hydrogens (tertiary/aromatic N) is 2. The molecule has 0 saturated heterocycles. The van der Waals surface area contributed by atoms with E-state index in [1.165, 1.54) is 4.88 Å². The van der Waals surface area contributed by atoms with Crippen molar-refractivity contribution in [2.24, 2.45) is 0 Å². The van der Waals surface area contributed by atoms with Crippen molar-refractivity contribution < 1.29 is 0 Å². The molecule has 18 heavy (non-hydrogen) atoms. The number of hydrogen-bond acceptors (Lipinski definition) is 4. The first kappa shape index (κ1) is 13.6. The van der Waals surface area contributed by atoms with Crippen LogP contribution in [0.25, 0.3) is 0 Å². The van der Waals surface area contributed by atoms with Crippen LogP contribution in [0.3, 0.4) is 0 Å². The predicted octanol–water partition coefficient (Wildman–Crippen LogP) is 3.71. The highest BCUT2D eigenvalue weighted by Gasteiger charge is 2.09. The maximum atomic E-state index is 4.44. The Kier molecular flexibility index (Phi) is 4.86. The molecule has 1 N–H and O–H groups in total. The third-order valence-electron chi connectivity index (χ3n) is 2.67. The van der Waals surface area contributed by atoms with Crippen LogP contribution in [-0.2, 0) is 13.0 Å². The molecule has 96 valence electrons. The zero-order valence-electron chi connectivity index (χ0n) is 10.5. The molecule has 0 radical (unpaired) electrons. The van der Waals surface area contributed by atoms with Crippen molar-refractivity contribution in [1.82, 2.24) is 15.3 Å². The quantitative estimate of drug-likeness (QED) is 0.910. The van der Waals surface area contributed by atoms with Gasteiger partial charge in [0.05, 0.1) is 11.7 Å². The van der Waals surface area contributed by atoms with E-state index in [0.717, 1.165) is 28.1 Å². The fourth-order valence-corrected chi connectivity index (χ4v) is 2.66. The molecule has 1 unspecified atom stereocenters. The van der Waals surface area contributed by atoms with Crippen LogP contribution in [-0.4, -0.2) is 9.97 Å².